The van der Waals surface area contributed by atoms with E-state index in [1.165, 1.54) is 16.8 Å². The van der Waals surface area contributed by atoms with Crippen molar-refractivity contribution in [2.45, 2.75) is 19.9 Å². The van der Waals surface area contributed by atoms with Crippen LogP contribution >= 0.6 is 0 Å². The maximum atomic E-state index is 11.0. The Kier molecular flexibility index (Phi) is 3.20. The van der Waals surface area contributed by atoms with E-state index in [1.54, 1.807) is 26.1 Å². The Morgan fingerprint density at radius 1 is 1.47 bits per heavy atom. The predicted molar refractivity (Wildman–Crippen MR) is 67.9 cm³/mol. The van der Waals surface area contributed by atoms with Gasteiger partial charge < -0.3 is 5.11 Å². The third-order valence-electron chi connectivity index (χ3n) is 3.29. The van der Waals surface area contributed by atoms with Crippen molar-refractivity contribution in [2.75, 3.05) is 0 Å². The highest BCUT2D eigenvalue weighted by Gasteiger charge is 2.23. The van der Waals surface area contributed by atoms with Crippen LogP contribution in [-0.2, 0) is 4.79 Å². The van der Waals surface area contributed by atoms with Gasteiger partial charge in [0.2, 0.25) is 0 Å². The minimum absolute atomic E-state index is 0.0376. The Morgan fingerprint density at radius 3 is 2.74 bits per heavy atom. The number of fused-ring (bicyclic) bond motifs is 1. The standard InChI is InChI=1S/C12H13N3O4/c1-7(12(16)17)8(2)14-11-5-10(15(18)19)4-3-9(11)6-13-14/h3-8H,1-2H3,(H,16,17). The molecule has 2 aromatic rings. The van der Waals surface area contributed by atoms with Gasteiger partial charge in [-0.3, -0.25) is 19.6 Å². The first-order valence-corrected chi connectivity index (χ1v) is 5.76. The molecule has 1 aromatic heterocycles. The quantitative estimate of drug-likeness (QED) is 0.673. The first-order chi connectivity index (χ1) is 8.91. The minimum atomic E-state index is -0.929. The van der Waals surface area contributed by atoms with E-state index < -0.39 is 22.9 Å². The number of nitro benzene ring substituents is 1. The summed E-state index contributed by atoms with van der Waals surface area (Å²) in [6.45, 7) is 3.31. The van der Waals surface area contributed by atoms with E-state index >= 15 is 0 Å². The molecule has 2 unspecified atom stereocenters. The second-order valence-electron chi connectivity index (χ2n) is 4.46. The van der Waals surface area contributed by atoms with Gasteiger partial charge >= 0.3 is 5.97 Å². The average molecular weight is 263 g/mol. The average Bonchev–Trinajstić information content (AvgIpc) is 2.79. The van der Waals surface area contributed by atoms with E-state index in [1.807, 2.05) is 0 Å². The molecule has 0 amide bonds. The zero-order chi connectivity index (χ0) is 14.2. The van der Waals surface area contributed by atoms with Crippen LogP contribution in [0.4, 0.5) is 5.69 Å². The second kappa shape index (κ2) is 4.68. The van der Waals surface area contributed by atoms with Crippen molar-refractivity contribution in [3.8, 4) is 0 Å². The largest absolute Gasteiger partial charge is 0.481 e. The van der Waals surface area contributed by atoms with Gasteiger partial charge in [-0.25, -0.2) is 0 Å². The van der Waals surface area contributed by atoms with Gasteiger partial charge in [-0.15, -0.1) is 0 Å². The Labute approximate surface area is 108 Å². The normalized spacial score (nSPS) is 14.2. The molecule has 2 atom stereocenters. The summed E-state index contributed by atoms with van der Waals surface area (Å²) < 4.78 is 1.52. The van der Waals surface area contributed by atoms with E-state index in [0.717, 1.165) is 5.39 Å². The lowest BCUT2D eigenvalue weighted by Gasteiger charge is -2.17. The molecule has 2 rings (SSSR count). The summed E-state index contributed by atoms with van der Waals surface area (Å²) in [5.74, 6) is -1.57. The van der Waals surface area contributed by atoms with Gasteiger partial charge in [0.05, 0.1) is 28.6 Å². The molecular formula is C12H13N3O4. The van der Waals surface area contributed by atoms with Crippen molar-refractivity contribution >= 4 is 22.6 Å². The fourth-order valence-electron chi connectivity index (χ4n) is 1.88. The molecule has 0 saturated carbocycles. The molecule has 1 heterocycles. The lowest BCUT2D eigenvalue weighted by Crippen LogP contribution is -2.22. The van der Waals surface area contributed by atoms with Crippen molar-refractivity contribution in [3.63, 3.8) is 0 Å². The van der Waals surface area contributed by atoms with Crippen LogP contribution in [0.2, 0.25) is 0 Å². The number of benzene rings is 1. The van der Waals surface area contributed by atoms with Crippen LogP contribution in [0.5, 0.6) is 0 Å². The molecule has 0 aliphatic heterocycles. The summed E-state index contributed by atoms with van der Waals surface area (Å²) in [7, 11) is 0. The molecule has 0 bridgehead atoms. The van der Waals surface area contributed by atoms with Crippen LogP contribution in [-0.4, -0.2) is 25.8 Å². The van der Waals surface area contributed by atoms with Crippen LogP contribution in [0.25, 0.3) is 10.9 Å². The second-order valence-corrected chi connectivity index (χ2v) is 4.46. The van der Waals surface area contributed by atoms with Gasteiger partial charge in [-0.2, -0.15) is 5.10 Å². The van der Waals surface area contributed by atoms with E-state index in [9.17, 15) is 14.9 Å². The molecule has 0 saturated heterocycles. The van der Waals surface area contributed by atoms with Crippen molar-refractivity contribution in [1.29, 1.82) is 0 Å². The summed E-state index contributed by atoms with van der Waals surface area (Å²) in [5, 5.41) is 24.7. The SMILES string of the molecule is CC(C(=O)O)C(C)n1ncc2ccc([N+](=O)[O-])cc21. The number of nitro groups is 1. The molecule has 19 heavy (non-hydrogen) atoms. The Morgan fingerprint density at radius 2 is 2.16 bits per heavy atom. The van der Waals surface area contributed by atoms with Crippen molar-refractivity contribution < 1.29 is 14.8 Å². The lowest BCUT2D eigenvalue weighted by atomic mass is 10.0. The van der Waals surface area contributed by atoms with E-state index in [4.69, 9.17) is 5.11 Å². The van der Waals surface area contributed by atoms with Gasteiger partial charge in [-0.1, -0.05) is 0 Å². The smallest absolute Gasteiger partial charge is 0.308 e. The van der Waals surface area contributed by atoms with Crippen molar-refractivity contribution in [2.24, 2.45) is 5.92 Å². The first-order valence-electron chi connectivity index (χ1n) is 5.76. The zero-order valence-electron chi connectivity index (χ0n) is 10.5. The fraction of sp³-hybridized carbons (Fsp3) is 0.333. The Hall–Kier alpha value is -2.44. The van der Waals surface area contributed by atoms with E-state index in [-0.39, 0.29) is 5.69 Å². The number of hydrogen-bond acceptors (Lipinski definition) is 4. The van der Waals surface area contributed by atoms with Crippen LogP contribution in [0, 0.1) is 16.0 Å². The van der Waals surface area contributed by atoms with Crippen molar-refractivity contribution in [3.05, 3.63) is 34.5 Å². The molecule has 0 aliphatic rings. The summed E-state index contributed by atoms with van der Waals surface area (Å²) in [6.07, 6.45) is 1.57. The molecule has 0 fully saturated rings. The third-order valence-corrected chi connectivity index (χ3v) is 3.29. The number of aliphatic carboxylic acids is 1. The Bertz CT molecular complexity index is 649. The topological polar surface area (TPSA) is 98.3 Å². The lowest BCUT2D eigenvalue weighted by molar-refractivity contribution is -0.384. The number of carbonyl (C=O) groups is 1. The number of rotatable bonds is 4. The van der Waals surface area contributed by atoms with Crippen molar-refractivity contribution in [1.82, 2.24) is 9.78 Å². The highest BCUT2D eigenvalue weighted by Crippen LogP contribution is 2.26. The van der Waals surface area contributed by atoms with Gasteiger partial charge in [0.25, 0.3) is 5.69 Å². The molecule has 100 valence electrons. The number of hydrogen-bond donors (Lipinski definition) is 1. The minimum Gasteiger partial charge on any atom is -0.481 e. The van der Waals surface area contributed by atoms with Gasteiger partial charge in [-0.05, 0) is 19.9 Å². The van der Waals surface area contributed by atoms with Crippen LogP contribution in [0.1, 0.15) is 19.9 Å². The monoisotopic (exact) mass is 263 g/mol. The van der Waals surface area contributed by atoms with Crippen LogP contribution in [0.15, 0.2) is 24.4 Å². The highest BCUT2D eigenvalue weighted by atomic mass is 16.6. The third kappa shape index (κ3) is 2.26. The Balaban J connectivity index is 2.52. The maximum Gasteiger partial charge on any atom is 0.308 e. The molecule has 0 spiro atoms. The molecule has 1 N–H and O–H groups in total. The van der Waals surface area contributed by atoms with Crippen LogP contribution in [0.3, 0.4) is 0 Å². The van der Waals surface area contributed by atoms with Gasteiger partial charge in [0, 0.05) is 17.5 Å². The maximum absolute atomic E-state index is 11.0. The van der Waals surface area contributed by atoms with Gasteiger partial charge in [0.1, 0.15) is 0 Å². The number of carboxylic acid groups (broad SMARTS) is 1. The molecular weight excluding hydrogens is 250 g/mol. The summed E-state index contributed by atoms with van der Waals surface area (Å²) in [4.78, 5) is 21.3. The fourth-order valence-corrected chi connectivity index (χ4v) is 1.88. The van der Waals surface area contributed by atoms with Crippen LogP contribution < -0.4 is 0 Å². The molecule has 0 radical (unpaired) electrons. The summed E-state index contributed by atoms with van der Waals surface area (Å²) in [6, 6.07) is 4.03. The molecule has 0 aliphatic carbocycles. The predicted octanol–water partition coefficient (Wildman–Crippen LogP) is 2.23. The van der Waals surface area contributed by atoms with E-state index in [0.29, 0.717) is 5.52 Å². The first kappa shape index (κ1) is 13.0. The number of carboxylic acids is 1. The molecule has 7 nitrogen and oxygen atoms in total. The van der Waals surface area contributed by atoms with Gasteiger partial charge in [0.15, 0.2) is 0 Å². The summed E-state index contributed by atoms with van der Waals surface area (Å²) >= 11 is 0. The zero-order valence-corrected chi connectivity index (χ0v) is 10.5. The molecule has 7 heteroatoms. The summed E-state index contributed by atoms with van der Waals surface area (Å²) in [5.41, 5.74) is 0.527. The highest BCUT2D eigenvalue weighted by molar-refractivity contribution is 5.81. The van der Waals surface area contributed by atoms with E-state index in [2.05, 4.69) is 5.10 Å². The molecule has 1 aromatic carbocycles. The number of aromatic nitrogens is 2. The number of non-ortho nitro benzene ring substituents is 1. The number of nitrogens with zero attached hydrogens (tertiary/aromatic N) is 3.